The van der Waals surface area contributed by atoms with Gasteiger partial charge in [0.05, 0.1) is 10.7 Å². The van der Waals surface area contributed by atoms with Crippen molar-refractivity contribution in [1.82, 2.24) is 0 Å². The molecule has 0 amide bonds. The minimum Gasteiger partial charge on any atom is -0.397 e. The summed E-state index contributed by atoms with van der Waals surface area (Å²) in [6.45, 7) is 1.12. The quantitative estimate of drug-likeness (QED) is 0.599. The van der Waals surface area contributed by atoms with Crippen LogP contribution in [-0.2, 0) is 5.67 Å². The molecule has 9 heteroatoms. The third kappa shape index (κ3) is 2.45. The predicted octanol–water partition coefficient (Wildman–Crippen LogP) is 4.52. The van der Waals surface area contributed by atoms with Gasteiger partial charge in [-0.25, -0.2) is 4.39 Å². The summed E-state index contributed by atoms with van der Waals surface area (Å²) in [5, 5.41) is -0.578. The maximum absolute atomic E-state index is 13.7. The highest BCUT2D eigenvalue weighted by molar-refractivity contribution is 6.33. The van der Waals surface area contributed by atoms with Crippen LogP contribution in [0.3, 0.4) is 0 Å². The molecule has 0 bridgehead atoms. The van der Waals surface area contributed by atoms with Gasteiger partial charge in [-0.3, -0.25) is 0 Å². The van der Waals surface area contributed by atoms with E-state index in [4.69, 9.17) is 17.3 Å². The average molecular weight is 310 g/mol. The third-order valence-electron chi connectivity index (χ3n) is 2.52. The Labute approximate surface area is 108 Å². The van der Waals surface area contributed by atoms with Crippen molar-refractivity contribution in [3.8, 4) is 0 Å². The maximum atomic E-state index is 13.7. The molecule has 19 heavy (non-hydrogen) atoms. The molecule has 1 aromatic rings. The normalized spacial score (nSPS) is 13.7. The summed E-state index contributed by atoms with van der Waals surface area (Å²) in [7, 11) is 0. The fourth-order valence-electron chi connectivity index (χ4n) is 1.44. The Balaban J connectivity index is 3.62. The Bertz CT molecular complexity index is 455. The Hall–Kier alpha value is -1.18. The van der Waals surface area contributed by atoms with Crippen molar-refractivity contribution in [1.29, 1.82) is 0 Å². The van der Waals surface area contributed by atoms with Crippen LogP contribution in [0.2, 0.25) is 5.02 Å². The van der Waals surface area contributed by atoms with Gasteiger partial charge in [-0.15, -0.1) is 0 Å². The van der Waals surface area contributed by atoms with E-state index in [1.54, 1.807) is 0 Å². The molecule has 1 nitrogen and oxygen atoms in total. The van der Waals surface area contributed by atoms with Crippen molar-refractivity contribution in [3.63, 3.8) is 0 Å². The van der Waals surface area contributed by atoms with Crippen LogP contribution in [0.1, 0.15) is 11.1 Å². The molecule has 0 aliphatic rings. The molecule has 0 radical (unpaired) electrons. The van der Waals surface area contributed by atoms with Crippen LogP contribution in [0.15, 0.2) is 12.1 Å². The molecule has 0 atom stereocenters. The lowest BCUT2D eigenvalue weighted by Crippen LogP contribution is -2.50. The summed E-state index contributed by atoms with van der Waals surface area (Å²) >= 11 is 5.40. The first-order chi connectivity index (χ1) is 8.32. The molecule has 1 aromatic carbocycles. The van der Waals surface area contributed by atoms with E-state index in [2.05, 4.69) is 0 Å². The zero-order chi connectivity index (χ0) is 15.2. The second kappa shape index (κ2) is 4.43. The zero-order valence-corrected chi connectivity index (χ0v) is 10.0. The molecular weight excluding hydrogens is 303 g/mol. The van der Waals surface area contributed by atoms with Gasteiger partial charge < -0.3 is 5.73 Å². The van der Waals surface area contributed by atoms with E-state index in [-0.39, 0.29) is 17.3 Å². The molecule has 108 valence electrons. The number of nitrogen functional groups attached to an aromatic ring is 1. The van der Waals surface area contributed by atoms with E-state index in [1.807, 2.05) is 0 Å². The molecular formula is C10H7ClF7N. The highest BCUT2D eigenvalue weighted by atomic mass is 35.5. The number of aryl methyl sites for hydroxylation is 1. The lowest BCUT2D eigenvalue weighted by molar-refractivity contribution is -0.348. The van der Waals surface area contributed by atoms with E-state index in [9.17, 15) is 30.7 Å². The van der Waals surface area contributed by atoms with Gasteiger partial charge in [0.25, 0.3) is 0 Å². The molecule has 2 N–H and O–H groups in total. The second-order valence-electron chi connectivity index (χ2n) is 3.84. The van der Waals surface area contributed by atoms with Crippen molar-refractivity contribution in [2.24, 2.45) is 0 Å². The van der Waals surface area contributed by atoms with Crippen LogP contribution in [0.4, 0.5) is 36.4 Å². The highest BCUT2D eigenvalue weighted by Crippen LogP contribution is 2.53. The molecule has 1 rings (SSSR count). The van der Waals surface area contributed by atoms with Crippen LogP contribution in [-0.4, -0.2) is 12.4 Å². The number of anilines is 1. The van der Waals surface area contributed by atoms with Gasteiger partial charge in [0.15, 0.2) is 0 Å². The standard InChI is InChI=1S/C10H7ClF7N/c1-4-2-5(3-6(11)7(4)19)8(12,9(13,14)15)10(16,17)18/h2-3H,19H2,1H3. The van der Waals surface area contributed by atoms with Gasteiger partial charge >= 0.3 is 18.0 Å². The first-order valence-electron chi connectivity index (χ1n) is 4.71. The van der Waals surface area contributed by atoms with Crippen LogP contribution >= 0.6 is 11.6 Å². The van der Waals surface area contributed by atoms with Crippen LogP contribution in [0, 0.1) is 6.92 Å². The van der Waals surface area contributed by atoms with Gasteiger partial charge in [-0.2, -0.15) is 26.3 Å². The van der Waals surface area contributed by atoms with Crippen LogP contribution in [0.25, 0.3) is 0 Å². The Morgan fingerprint density at radius 1 is 0.947 bits per heavy atom. The highest BCUT2D eigenvalue weighted by Gasteiger charge is 2.73. The SMILES string of the molecule is Cc1cc(C(F)(C(F)(F)F)C(F)(F)F)cc(Cl)c1N. The summed E-state index contributed by atoms with van der Waals surface area (Å²) < 4.78 is 88.6. The number of benzene rings is 1. The van der Waals surface area contributed by atoms with Gasteiger partial charge in [0.1, 0.15) is 0 Å². The Morgan fingerprint density at radius 2 is 1.37 bits per heavy atom. The lowest BCUT2D eigenvalue weighted by atomic mass is 9.92. The maximum Gasteiger partial charge on any atom is 0.435 e. The van der Waals surface area contributed by atoms with E-state index in [0.29, 0.717) is 6.07 Å². The van der Waals surface area contributed by atoms with Crippen LogP contribution in [0.5, 0.6) is 0 Å². The van der Waals surface area contributed by atoms with Gasteiger partial charge in [0, 0.05) is 5.56 Å². The summed E-state index contributed by atoms with van der Waals surface area (Å²) in [5.74, 6) is 0. The van der Waals surface area contributed by atoms with E-state index in [0.717, 1.165) is 6.92 Å². The summed E-state index contributed by atoms with van der Waals surface area (Å²) in [5.41, 5.74) is -2.24. The van der Waals surface area contributed by atoms with E-state index < -0.39 is 28.6 Å². The molecule has 0 spiro atoms. The predicted molar refractivity (Wildman–Crippen MR) is 55.5 cm³/mol. The number of alkyl halides is 7. The van der Waals surface area contributed by atoms with Crippen molar-refractivity contribution < 1.29 is 30.7 Å². The fraction of sp³-hybridized carbons (Fsp3) is 0.400. The van der Waals surface area contributed by atoms with Crippen molar-refractivity contribution in [2.45, 2.75) is 24.9 Å². The van der Waals surface area contributed by atoms with Crippen molar-refractivity contribution in [2.75, 3.05) is 5.73 Å². The van der Waals surface area contributed by atoms with Crippen molar-refractivity contribution >= 4 is 17.3 Å². The lowest BCUT2D eigenvalue weighted by Gasteiger charge is -2.30. The summed E-state index contributed by atoms with van der Waals surface area (Å²) in [6, 6.07) is 0.604. The molecule has 0 unspecified atom stereocenters. The largest absolute Gasteiger partial charge is 0.435 e. The third-order valence-corrected chi connectivity index (χ3v) is 2.83. The minimum atomic E-state index is -6.17. The summed E-state index contributed by atoms with van der Waals surface area (Å²) in [4.78, 5) is 0. The molecule has 0 aliphatic heterocycles. The molecule has 0 heterocycles. The monoisotopic (exact) mass is 309 g/mol. The number of rotatable bonds is 1. The number of hydrogen-bond donors (Lipinski definition) is 1. The number of halogens is 8. The first-order valence-corrected chi connectivity index (χ1v) is 5.08. The second-order valence-corrected chi connectivity index (χ2v) is 4.25. The Kier molecular flexibility index (Phi) is 3.70. The molecule has 0 saturated carbocycles. The molecule has 0 fully saturated rings. The minimum absolute atomic E-state index is 0.182. The van der Waals surface area contributed by atoms with E-state index in [1.165, 1.54) is 0 Å². The van der Waals surface area contributed by atoms with Crippen molar-refractivity contribution in [3.05, 3.63) is 28.3 Å². The Morgan fingerprint density at radius 3 is 1.68 bits per heavy atom. The summed E-state index contributed by atoms with van der Waals surface area (Å²) in [6.07, 6.45) is -12.3. The number of nitrogens with two attached hydrogens (primary N) is 1. The smallest absolute Gasteiger partial charge is 0.397 e. The van der Waals surface area contributed by atoms with Gasteiger partial charge in [-0.1, -0.05) is 17.7 Å². The number of hydrogen-bond acceptors (Lipinski definition) is 1. The first kappa shape index (κ1) is 15.9. The fourth-order valence-corrected chi connectivity index (χ4v) is 1.71. The molecule has 0 aromatic heterocycles. The van der Waals surface area contributed by atoms with Gasteiger partial charge in [0.2, 0.25) is 0 Å². The molecule has 0 saturated heterocycles. The topological polar surface area (TPSA) is 26.0 Å². The van der Waals surface area contributed by atoms with Gasteiger partial charge in [-0.05, 0) is 18.6 Å². The van der Waals surface area contributed by atoms with Crippen LogP contribution < -0.4 is 5.73 Å². The van der Waals surface area contributed by atoms with E-state index >= 15 is 0 Å². The zero-order valence-electron chi connectivity index (χ0n) is 9.26. The molecule has 0 aliphatic carbocycles. The average Bonchev–Trinajstić information content (AvgIpc) is 2.20.